The van der Waals surface area contributed by atoms with Crippen LogP contribution in [0.1, 0.15) is 29.9 Å². The first kappa shape index (κ1) is 19.0. The van der Waals surface area contributed by atoms with Crippen LogP contribution in [0.4, 0.5) is 0 Å². The van der Waals surface area contributed by atoms with E-state index in [0.717, 1.165) is 60.2 Å². The van der Waals surface area contributed by atoms with Gasteiger partial charge >= 0.3 is 5.69 Å². The van der Waals surface area contributed by atoms with Crippen molar-refractivity contribution in [3.8, 4) is 5.69 Å². The highest BCUT2D eigenvalue weighted by Gasteiger charge is 2.25. The molecule has 7 heteroatoms. The van der Waals surface area contributed by atoms with E-state index in [1.54, 1.807) is 6.33 Å². The summed E-state index contributed by atoms with van der Waals surface area (Å²) in [4.78, 5) is 28.6. The van der Waals surface area contributed by atoms with Gasteiger partial charge in [0, 0.05) is 18.4 Å². The van der Waals surface area contributed by atoms with Crippen molar-refractivity contribution in [2.75, 3.05) is 13.1 Å². The summed E-state index contributed by atoms with van der Waals surface area (Å²) in [5.41, 5.74) is 7.36. The number of H-pyrrole nitrogens is 2. The van der Waals surface area contributed by atoms with Crippen LogP contribution in [0.5, 0.6) is 0 Å². The van der Waals surface area contributed by atoms with Crippen molar-refractivity contribution in [1.82, 2.24) is 29.4 Å². The van der Waals surface area contributed by atoms with E-state index in [0.29, 0.717) is 5.92 Å². The molecule has 0 saturated carbocycles. The first-order valence-corrected chi connectivity index (χ1v) is 11.0. The number of para-hydroxylation sites is 1. The Kier molecular flexibility index (Phi) is 4.61. The summed E-state index contributed by atoms with van der Waals surface area (Å²) in [5.74, 6) is 0.483. The van der Waals surface area contributed by atoms with Crippen LogP contribution in [0.15, 0.2) is 72.0 Å². The van der Waals surface area contributed by atoms with Gasteiger partial charge in [-0.15, -0.1) is 0 Å². The number of hydrogen-bond donors (Lipinski definition) is 2. The third kappa shape index (κ3) is 3.40. The van der Waals surface area contributed by atoms with E-state index in [2.05, 4.69) is 72.0 Å². The number of fused-ring (bicyclic) bond motifs is 2. The summed E-state index contributed by atoms with van der Waals surface area (Å²) >= 11 is 0. The molecule has 160 valence electrons. The molecule has 5 aromatic rings. The number of aromatic nitrogens is 5. The second kappa shape index (κ2) is 7.76. The predicted octanol–water partition coefficient (Wildman–Crippen LogP) is 3.97. The van der Waals surface area contributed by atoms with E-state index in [4.69, 9.17) is 0 Å². The molecule has 0 radical (unpaired) electrons. The van der Waals surface area contributed by atoms with Crippen LogP contribution >= 0.6 is 0 Å². The lowest BCUT2D eigenvalue weighted by atomic mass is 9.90. The van der Waals surface area contributed by atoms with E-state index in [1.165, 1.54) is 11.1 Å². The molecule has 0 amide bonds. The highest BCUT2D eigenvalue weighted by Crippen LogP contribution is 2.34. The molecule has 0 atom stereocenters. The van der Waals surface area contributed by atoms with Gasteiger partial charge in [0.2, 0.25) is 0 Å². The first-order chi connectivity index (χ1) is 15.7. The summed E-state index contributed by atoms with van der Waals surface area (Å²) in [6.45, 7) is 2.97. The van der Waals surface area contributed by atoms with Crippen LogP contribution in [0.3, 0.4) is 0 Å². The van der Waals surface area contributed by atoms with Gasteiger partial charge in [-0.2, -0.15) is 0 Å². The largest absolute Gasteiger partial charge is 0.323 e. The number of nitrogens with one attached hydrogen (secondary N) is 2. The number of hydrogen-bond acceptors (Lipinski definition) is 4. The van der Waals surface area contributed by atoms with Crippen molar-refractivity contribution < 1.29 is 0 Å². The molecule has 6 rings (SSSR count). The fraction of sp³-hybridized carbons (Fsp3) is 0.240. The maximum Gasteiger partial charge on any atom is 0.323 e. The Morgan fingerprint density at radius 2 is 1.81 bits per heavy atom. The van der Waals surface area contributed by atoms with Crippen LogP contribution in [-0.4, -0.2) is 42.5 Å². The monoisotopic (exact) mass is 424 g/mol. The molecule has 0 unspecified atom stereocenters. The minimum absolute atomic E-state index is 0.156. The van der Waals surface area contributed by atoms with Gasteiger partial charge in [-0.05, 0) is 67.2 Å². The number of imidazole rings is 1. The minimum atomic E-state index is -0.156. The van der Waals surface area contributed by atoms with Gasteiger partial charge in [0.05, 0.1) is 28.3 Å². The molecule has 2 N–H and O–H groups in total. The summed E-state index contributed by atoms with van der Waals surface area (Å²) in [5, 5.41) is 0. The van der Waals surface area contributed by atoms with E-state index < -0.39 is 0 Å². The summed E-state index contributed by atoms with van der Waals surface area (Å²) in [6, 6.07) is 16.5. The number of piperidine rings is 1. The Morgan fingerprint density at radius 1 is 1.00 bits per heavy atom. The highest BCUT2D eigenvalue weighted by atomic mass is 16.1. The topological polar surface area (TPSA) is 82.6 Å². The summed E-state index contributed by atoms with van der Waals surface area (Å²) < 4.78 is 2.21. The zero-order valence-electron chi connectivity index (χ0n) is 17.7. The van der Waals surface area contributed by atoms with E-state index >= 15 is 0 Å². The van der Waals surface area contributed by atoms with Crippen molar-refractivity contribution in [1.29, 1.82) is 0 Å². The molecule has 1 saturated heterocycles. The van der Waals surface area contributed by atoms with Gasteiger partial charge in [-0.3, -0.25) is 4.90 Å². The molecule has 7 nitrogen and oxygen atoms in total. The van der Waals surface area contributed by atoms with Crippen LogP contribution in [0.25, 0.3) is 27.8 Å². The molecule has 0 aliphatic carbocycles. The fourth-order valence-corrected chi connectivity index (χ4v) is 4.93. The van der Waals surface area contributed by atoms with Gasteiger partial charge in [-0.1, -0.05) is 24.3 Å². The molecule has 0 spiro atoms. The Bertz CT molecular complexity index is 1440. The van der Waals surface area contributed by atoms with Gasteiger partial charge in [0.1, 0.15) is 6.33 Å². The minimum Gasteiger partial charge on any atom is -0.313 e. The summed E-state index contributed by atoms with van der Waals surface area (Å²) in [6.07, 6.45) is 8.01. The zero-order valence-corrected chi connectivity index (χ0v) is 17.7. The van der Waals surface area contributed by atoms with Crippen molar-refractivity contribution in [3.05, 3.63) is 88.9 Å². The van der Waals surface area contributed by atoms with Gasteiger partial charge < -0.3 is 14.5 Å². The van der Waals surface area contributed by atoms with Crippen LogP contribution in [0.2, 0.25) is 0 Å². The Labute approximate surface area is 184 Å². The quantitative estimate of drug-likeness (QED) is 0.457. The average molecular weight is 425 g/mol. The Balaban J connectivity index is 1.21. The first-order valence-electron chi connectivity index (χ1n) is 11.0. The third-order valence-corrected chi connectivity index (χ3v) is 6.54. The van der Waals surface area contributed by atoms with Crippen LogP contribution in [-0.2, 0) is 6.54 Å². The van der Waals surface area contributed by atoms with Gasteiger partial charge in [0.25, 0.3) is 0 Å². The van der Waals surface area contributed by atoms with Crippen molar-refractivity contribution in [2.45, 2.75) is 25.3 Å². The molecular weight excluding hydrogens is 400 g/mol. The lowest BCUT2D eigenvalue weighted by Gasteiger charge is -2.31. The molecule has 3 aromatic heterocycles. The molecule has 1 aliphatic heterocycles. The zero-order chi connectivity index (χ0) is 21.5. The molecule has 1 fully saturated rings. The van der Waals surface area contributed by atoms with E-state index in [9.17, 15) is 4.79 Å². The van der Waals surface area contributed by atoms with Crippen LogP contribution in [0, 0.1) is 0 Å². The van der Waals surface area contributed by atoms with E-state index in [1.807, 2.05) is 18.3 Å². The number of aromatic amines is 2. The standard InChI is InChI=1S/C25H24N6O/c32-25-28-21-7-6-17(12-22(21)29-25)14-30-10-8-18(9-11-30)20-15-31(19-4-2-1-3-5-19)23-13-26-16-27-24(20)23/h1-7,12-13,15-16,18H,8-11,14H2,(H2,28,29,32). The summed E-state index contributed by atoms with van der Waals surface area (Å²) in [7, 11) is 0. The number of rotatable bonds is 4. The molecule has 4 heterocycles. The van der Waals surface area contributed by atoms with E-state index in [-0.39, 0.29) is 5.69 Å². The smallest absolute Gasteiger partial charge is 0.313 e. The highest BCUT2D eigenvalue weighted by molar-refractivity contribution is 5.81. The van der Waals surface area contributed by atoms with Gasteiger partial charge in [-0.25, -0.2) is 14.8 Å². The van der Waals surface area contributed by atoms with Crippen molar-refractivity contribution in [3.63, 3.8) is 0 Å². The fourth-order valence-electron chi connectivity index (χ4n) is 4.93. The second-order valence-electron chi connectivity index (χ2n) is 8.56. The Morgan fingerprint density at radius 3 is 2.66 bits per heavy atom. The van der Waals surface area contributed by atoms with Crippen molar-refractivity contribution >= 4 is 22.1 Å². The lowest BCUT2D eigenvalue weighted by Crippen LogP contribution is -2.32. The molecule has 0 bridgehead atoms. The third-order valence-electron chi connectivity index (χ3n) is 6.54. The predicted molar refractivity (Wildman–Crippen MR) is 125 cm³/mol. The molecular formula is C25H24N6O. The lowest BCUT2D eigenvalue weighted by molar-refractivity contribution is 0.205. The average Bonchev–Trinajstić information content (AvgIpc) is 3.40. The molecule has 1 aliphatic rings. The molecule has 2 aromatic carbocycles. The normalized spacial score (nSPS) is 15.6. The Hall–Kier alpha value is -3.71. The maximum atomic E-state index is 11.5. The number of nitrogens with zero attached hydrogens (tertiary/aromatic N) is 4. The second-order valence-corrected chi connectivity index (χ2v) is 8.56. The van der Waals surface area contributed by atoms with Gasteiger partial charge in [0.15, 0.2) is 0 Å². The van der Waals surface area contributed by atoms with Crippen LogP contribution < -0.4 is 5.69 Å². The molecule has 32 heavy (non-hydrogen) atoms. The number of likely N-dealkylation sites (tertiary alicyclic amines) is 1. The van der Waals surface area contributed by atoms with Crippen molar-refractivity contribution in [2.24, 2.45) is 0 Å². The number of benzene rings is 2. The maximum absolute atomic E-state index is 11.5. The SMILES string of the molecule is O=c1[nH]c2ccc(CN3CCC(c4cn(-c5ccccc5)c5cncnc45)CC3)cc2[nH]1.